The summed E-state index contributed by atoms with van der Waals surface area (Å²) in [6.45, 7) is 1.21. The maximum Gasteiger partial charge on any atom is 0.262 e. The highest BCUT2D eigenvalue weighted by Crippen LogP contribution is 2.35. The molecule has 0 unspecified atom stereocenters. The Morgan fingerprint density at radius 1 is 1.28 bits per heavy atom. The molecule has 2 fully saturated rings. The number of alkyl halides is 2. The minimum atomic E-state index is -2.65. The number of methoxy groups -OCH3 is 1. The lowest BCUT2D eigenvalue weighted by molar-refractivity contribution is -0.139. The molecule has 2 aliphatic heterocycles. The molecule has 1 aromatic carbocycles. The Morgan fingerprint density at radius 2 is 2.00 bits per heavy atom. The SMILES string of the molecule is COC[C@@H]1CC(F)(F)CN1C1CN(C(=O)CCCc2ccccc2)C1. The third-order valence-corrected chi connectivity index (χ3v) is 5.16. The van der Waals surface area contributed by atoms with E-state index in [4.69, 9.17) is 4.74 Å². The van der Waals surface area contributed by atoms with E-state index in [2.05, 4.69) is 12.1 Å². The lowest BCUT2D eigenvalue weighted by Gasteiger charge is -2.46. The lowest BCUT2D eigenvalue weighted by atomic mass is 10.0. The van der Waals surface area contributed by atoms with Crippen molar-refractivity contribution in [2.45, 2.75) is 43.7 Å². The molecule has 0 saturated carbocycles. The van der Waals surface area contributed by atoms with Gasteiger partial charge in [-0.25, -0.2) is 8.78 Å². The van der Waals surface area contributed by atoms with Crippen molar-refractivity contribution in [3.63, 3.8) is 0 Å². The second-order valence-electron chi connectivity index (χ2n) is 7.13. The van der Waals surface area contributed by atoms with Crippen LogP contribution in [0.4, 0.5) is 8.78 Å². The predicted molar refractivity (Wildman–Crippen MR) is 91.7 cm³/mol. The zero-order valence-corrected chi connectivity index (χ0v) is 14.7. The highest BCUT2D eigenvalue weighted by Gasteiger charge is 2.50. The third-order valence-electron chi connectivity index (χ3n) is 5.16. The van der Waals surface area contributed by atoms with Gasteiger partial charge in [0.25, 0.3) is 5.92 Å². The Labute approximate surface area is 147 Å². The average Bonchev–Trinajstić information content (AvgIpc) is 2.82. The molecule has 6 heteroatoms. The second-order valence-corrected chi connectivity index (χ2v) is 7.13. The van der Waals surface area contributed by atoms with Crippen LogP contribution in [-0.2, 0) is 16.0 Å². The number of ether oxygens (including phenoxy) is 1. The van der Waals surface area contributed by atoms with Crippen LogP contribution in [-0.4, -0.2) is 67.1 Å². The molecule has 2 aliphatic rings. The van der Waals surface area contributed by atoms with E-state index in [0.29, 0.717) is 26.1 Å². The molecule has 0 aliphatic carbocycles. The van der Waals surface area contributed by atoms with Gasteiger partial charge in [-0.05, 0) is 18.4 Å². The van der Waals surface area contributed by atoms with E-state index < -0.39 is 5.92 Å². The van der Waals surface area contributed by atoms with Gasteiger partial charge in [0.2, 0.25) is 5.91 Å². The van der Waals surface area contributed by atoms with Crippen LogP contribution in [0.25, 0.3) is 0 Å². The Hall–Kier alpha value is -1.53. The maximum absolute atomic E-state index is 13.7. The Balaban J connectivity index is 1.41. The highest BCUT2D eigenvalue weighted by molar-refractivity contribution is 5.77. The number of aryl methyl sites for hydroxylation is 1. The van der Waals surface area contributed by atoms with Gasteiger partial charge in [0.1, 0.15) is 0 Å². The zero-order chi connectivity index (χ0) is 17.9. The first-order valence-corrected chi connectivity index (χ1v) is 8.93. The quantitative estimate of drug-likeness (QED) is 0.756. The van der Waals surface area contributed by atoms with Crippen molar-refractivity contribution in [2.75, 3.05) is 33.4 Å². The fourth-order valence-electron chi connectivity index (χ4n) is 3.81. The zero-order valence-electron chi connectivity index (χ0n) is 14.7. The molecule has 1 amide bonds. The van der Waals surface area contributed by atoms with Gasteiger partial charge >= 0.3 is 0 Å². The minimum absolute atomic E-state index is 0.0339. The van der Waals surface area contributed by atoms with E-state index in [1.807, 2.05) is 23.1 Å². The highest BCUT2D eigenvalue weighted by atomic mass is 19.3. The normalized spacial score (nSPS) is 23.6. The third kappa shape index (κ3) is 4.55. The second kappa shape index (κ2) is 7.79. The summed E-state index contributed by atoms with van der Waals surface area (Å²) in [5.41, 5.74) is 1.23. The summed E-state index contributed by atoms with van der Waals surface area (Å²) in [6.07, 6.45) is 2.07. The molecule has 0 N–H and O–H groups in total. The van der Waals surface area contributed by atoms with Crippen molar-refractivity contribution in [3.05, 3.63) is 35.9 Å². The van der Waals surface area contributed by atoms with E-state index in [1.165, 1.54) is 12.7 Å². The summed E-state index contributed by atoms with van der Waals surface area (Å²) >= 11 is 0. The van der Waals surface area contributed by atoms with E-state index in [-0.39, 0.29) is 31.0 Å². The predicted octanol–water partition coefficient (Wildman–Crippen LogP) is 2.58. The molecule has 3 rings (SSSR count). The van der Waals surface area contributed by atoms with Gasteiger partial charge in [-0.2, -0.15) is 0 Å². The first-order chi connectivity index (χ1) is 12.0. The number of benzene rings is 1. The van der Waals surface area contributed by atoms with Crippen molar-refractivity contribution < 1.29 is 18.3 Å². The number of hydrogen-bond donors (Lipinski definition) is 0. The van der Waals surface area contributed by atoms with Crippen LogP contribution < -0.4 is 0 Å². The van der Waals surface area contributed by atoms with Crippen LogP contribution in [0.2, 0.25) is 0 Å². The van der Waals surface area contributed by atoms with Gasteiger partial charge in [-0.3, -0.25) is 9.69 Å². The largest absolute Gasteiger partial charge is 0.383 e. The van der Waals surface area contributed by atoms with Gasteiger partial charge in [-0.1, -0.05) is 30.3 Å². The smallest absolute Gasteiger partial charge is 0.262 e. The standard InChI is InChI=1S/C19H26F2N2O2/c1-25-13-16-10-19(20,21)14-23(16)17-11-22(12-17)18(24)9-5-8-15-6-3-2-4-7-15/h2-4,6-7,16-17H,5,8-14H2,1H3/t16-/m0/s1. The first kappa shape index (κ1) is 18.3. The Morgan fingerprint density at radius 3 is 2.68 bits per heavy atom. The molecule has 0 aromatic heterocycles. The van der Waals surface area contributed by atoms with Crippen LogP contribution in [0.15, 0.2) is 30.3 Å². The monoisotopic (exact) mass is 352 g/mol. The molecule has 1 atom stereocenters. The van der Waals surface area contributed by atoms with Crippen LogP contribution in [0.1, 0.15) is 24.8 Å². The van der Waals surface area contributed by atoms with E-state index >= 15 is 0 Å². The number of carbonyl (C=O) groups is 1. The summed E-state index contributed by atoms with van der Waals surface area (Å²) in [4.78, 5) is 15.9. The number of nitrogens with zero attached hydrogens (tertiary/aromatic N) is 2. The Kier molecular flexibility index (Phi) is 5.69. The first-order valence-electron chi connectivity index (χ1n) is 8.93. The molecule has 4 nitrogen and oxygen atoms in total. The van der Waals surface area contributed by atoms with Crippen molar-refractivity contribution >= 4 is 5.91 Å². The van der Waals surface area contributed by atoms with Crippen molar-refractivity contribution in [1.82, 2.24) is 9.80 Å². The molecule has 0 radical (unpaired) electrons. The number of amides is 1. The summed E-state index contributed by atoms with van der Waals surface area (Å²) in [5.74, 6) is -2.52. The van der Waals surface area contributed by atoms with E-state index in [1.54, 1.807) is 4.90 Å². The minimum Gasteiger partial charge on any atom is -0.383 e. The number of hydrogen-bond acceptors (Lipinski definition) is 3. The average molecular weight is 352 g/mol. The number of likely N-dealkylation sites (tertiary alicyclic amines) is 2. The van der Waals surface area contributed by atoms with Crippen molar-refractivity contribution in [2.24, 2.45) is 0 Å². The van der Waals surface area contributed by atoms with E-state index in [9.17, 15) is 13.6 Å². The fourth-order valence-corrected chi connectivity index (χ4v) is 3.81. The van der Waals surface area contributed by atoms with E-state index in [0.717, 1.165) is 12.8 Å². The summed E-state index contributed by atoms with van der Waals surface area (Å²) in [7, 11) is 1.54. The number of halogens is 2. The lowest BCUT2D eigenvalue weighted by Crippen LogP contribution is -2.62. The molecule has 1 aromatic rings. The molecular formula is C19H26F2N2O2. The molecule has 25 heavy (non-hydrogen) atoms. The Bertz CT molecular complexity index is 576. The van der Waals surface area contributed by atoms with Gasteiger partial charge in [0.15, 0.2) is 0 Å². The molecule has 0 spiro atoms. The van der Waals surface area contributed by atoms with Gasteiger partial charge in [0, 0.05) is 45.1 Å². The van der Waals surface area contributed by atoms with Crippen LogP contribution in [0.5, 0.6) is 0 Å². The van der Waals surface area contributed by atoms with Gasteiger partial charge in [0.05, 0.1) is 13.2 Å². The van der Waals surface area contributed by atoms with Crippen molar-refractivity contribution in [3.8, 4) is 0 Å². The molecule has 0 bridgehead atoms. The van der Waals surface area contributed by atoms with Crippen LogP contribution in [0.3, 0.4) is 0 Å². The summed E-state index contributed by atoms with van der Waals surface area (Å²) in [5, 5.41) is 0. The molecular weight excluding hydrogens is 326 g/mol. The van der Waals surface area contributed by atoms with Gasteiger partial charge < -0.3 is 9.64 Å². The van der Waals surface area contributed by atoms with Crippen LogP contribution >= 0.6 is 0 Å². The fraction of sp³-hybridized carbons (Fsp3) is 0.632. The molecule has 2 heterocycles. The maximum atomic E-state index is 13.7. The topological polar surface area (TPSA) is 32.8 Å². The van der Waals surface area contributed by atoms with Crippen LogP contribution in [0, 0.1) is 0 Å². The summed E-state index contributed by atoms with van der Waals surface area (Å²) < 4.78 is 32.5. The van der Waals surface area contributed by atoms with Gasteiger partial charge in [-0.15, -0.1) is 0 Å². The molecule has 138 valence electrons. The number of rotatable bonds is 7. The summed E-state index contributed by atoms with van der Waals surface area (Å²) in [6, 6.07) is 9.89. The molecule has 2 saturated heterocycles. The number of carbonyl (C=O) groups excluding carboxylic acids is 1. The van der Waals surface area contributed by atoms with Crippen molar-refractivity contribution in [1.29, 1.82) is 0 Å².